The number of nitrogens with one attached hydrogen (secondary N) is 1. The molecule has 1 aromatic carbocycles. The molecule has 0 spiro atoms. The van der Waals surface area contributed by atoms with Crippen LogP contribution in [0.2, 0.25) is 0 Å². The van der Waals surface area contributed by atoms with Gasteiger partial charge < -0.3 is 24.4 Å². The fourth-order valence-corrected chi connectivity index (χ4v) is 2.75. The first kappa shape index (κ1) is 18.9. The van der Waals surface area contributed by atoms with Crippen molar-refractivity contribution in [3.05, 3.63) is 23.8 Å². The van der Waals surface area contributed by atoms with E-state index < -0.39 is 17.7 Å². The fourth-order valence-electron chi connectivity index (χ4n) is 2.75. The van der Waals surface area contributed by atoms with Crippen molar-refractivity contribution in [3.63, 3.8) is 0 Å². The number of alkyl carbamates (subject to hydrolysis) is 1. The highest BCUT2D eigenvalue weighted by Crippen LogP contribution is 2.28. The smallest absolute Gasteiger partial charge is 0.407 e. The van der Waals surface area contributed by atoms with Gasteiger partial charge in [0.1, 0.15) is 16.9 Å². The zero-order chi connectivity index (χ0) is 18.6. The first-order valence-corrected chi connectivity index (χ1v) is 8.24. The van der Waals surface area contributed by atoms with Crippen molar-refractivity contribution in [1.82, 2.24) is 5.32 Å². The van der Waals surface area contributed by atoms with Crippen LogP contribution >= 0.6 is 0 Å². The first-order chi connectivity index (χ1) is 11.7. The maximum Gasteiger partial charge on any atom is 0.407 e. The molecule has 1 amide bonds. The lowest BCUT2D eigenvalue weighted by Gasteiger charge is -2.23. The van der Waals surface area contributed by atoms with Gasteiger partial charge in [-0.3, -0.25) is 0 Å². The van der Waals surface area contributed by atoms with Crippen LogP contribution in [0, 0.1) is 0 Å². The van der Waals surface area contributed by atoms with E-state index in [-0.39, 0.29) is 6.04 Å². The Kier molecular flexibility index (Phi) is 5.77. The molecule has 1 aliphatic heterocycles. The first-order valence-electron chi connectivity index (χ1n) is 8.24. The fraction of sp³-hybridized carbons (Fsp3) is 0.556. The third-order valence-corrected chi connectivity index (χ3v) is 3.86. The Morgan fingerprint density at radius 1 is 1.24 bits per heavy atom. The number of methoxy groups -OCH3 is 2. The van der Waals surface area contributed by atoms with Gasteiger partial charge in [0.15, 0.2) is 0 Å². The van der Waals surface area contributed by atoms with Crippen LogP contribution in [-0.2, 0) is 9.47 Å². The maximum atomic E-state index is 11.9. The van der Waals surface area contributed by atoms with Gasteiger partial charge in [0, 0.05) is 18.8 Å². The monoisotopic (exact) mass is 350 g/mol. The molecule has 0 bridgehead atoms. The molecule has 1 heterocycles. The Hall–Kier alpha value is -2.44. The minimum Gasteiger partial charge on any atom is -0.496 e. The van der Waals surface area contributed by atoms with Gasteiger partial charge in [0.2, 0.25) is 0 Å². The number of benzene rings is 1. The molecule has 1 aliphatic rings. The molecule has 0 radical (unpaired) electrons. The molecular weight excluding hydrogens is 324 g/mol. The molecule has 0 aliphatic carbocycles. The van der Waals surface area contributed by atoms with Gasteiger partial charge in [-0.1, -0.05) is 0 Å². The summed E-state index contributed by atoms with van der Waals surface area (Å²) in [6.45, 7) is 6.91. The summed E-state index contributed by atoms with van der Waals surface area (Å²) in [4.78, 5) is 25.9. The number of carbonyl (C=O) groups excluding carboxylic acids is 2. The molecule has 138 valence electrons. The highest BCUT2D eigenvalue weighted by Gasteiger charge is 2.27. The van der Waals surface area contributed by atoms with Gasteiger partial charge in [0.05, 0.1) is 20.3 Å². The minimum absolute atomic E-state index is 0.00136. The molecule has 0 aromatic heterocycles. The van der Waals surface area contributed by atoms with Crippen LogP contribution in [-0.4, -0.2) is 51.0 Å². The van der Waals surface area contributed by atoms with Gasteiger partial charge in [0.25, 0.3) is 0 Å². The zero-order valence-electron chi connectivity index (χ0n) is 15.4. The average Bonchev–Trinajstić information content (AvgIpc) is 2.99. The Bertz CT molecular complexity index is 639. The summed E-state index contributed by atoms with van der Waals surface area (Å²) < 4.78 is 15.3. The third kappa shape index (κ3) is 5.01. The lowest BCUT2D eigenvalue weighted by atomic mass is 10.1. The van der Waals surface area contributed by atoms with Crippen molar-refractivity contribution in [2.45, 2.75) is 38.8 Å². The van der Waals surface area contributed by atoms with Crippen LogP contribution in [0.15, 0.2) is 18.2 Å². The lowest BCUT2D eigenvalue weighted by Crippen LogP contribution is -2.40. The van der Waals surface area contributed by atoms with Crippen LogP contribution < -0.4 is 15.0 Å². The summed E-state index contributed by atoms with van der Waals surface area (Å²) in [6.07, 6.45) is 0.392. The predicted octanol–water partition coefficient (Wildman–Crippen LogP) is 2.59. The zero-order valence-corrected chi connectivity index (χ0v) is 15.4. The van der Waals surface area contributed by atoms with Crippen molar-refractivity contribution in [3.8, 4) is 5.75 Å². The summed E-state index contributed by atoms with van der Waals surface area (Å²) in [6, 6.07) is 5.39. The summed E-state index contributed by atoms with van der Waals surface area (Å²) in [5, 5.41) is 2.89. The summed E-state index contributed by atoms with van der Waals surface area (Å²) >= 11 is 0. The van der Waals surface area contributed by atoms with Gasteiger partial charge >= 0.3 is 12.1 Å². The van der Waals surface area contributed by atoms with E-state index in [9.17, 15) is 9.59 Å². The summed E-state index contributed by atoms with van der Waals surface area (Å²) in [5.41, 5.74) is 0.745. The van der Waals surface area contributed by atoms with Crippen molar-refractivity contribution in [1.29, 1.82) is 0 Å². The number of hydrogen-bond acceptors (Lipinski definition) is 6. The van der Waals surface area contributed by atoms with E-state index in [1.165, 1.54) is 14.2 Å². The van der Waals surface area contributed by atoms with Gasteiger partial charge in [-0.05, 0) is 45.4 Å². The Morgan fingerprint density at radius 3 is 2.56 bits per heavy atom. The molecule has 1 aromatic rings. The molecular formula is C18H26N2O5. The Labute approximate surface area is 148 Å². The predicted molar refractivity (Wildman–Crippen MR) is 94.3 cm³/mol. The number of carbonyl (C=O) groups is 2. The maximum absolute atomic E-state index is 11.9. The van der Waals surface area contributed by atoms with Crippen molar-refractivity contribution >= 4 is 17.7 Å². The van der Waals surface area contributed by atoms with Crippen LogP contribution in [0.1, 0.15) is 37.6 Å². The second-order valence-corrected chi connectivity index (χ2v) is 6.95. The molecule has 7 nitrogen and oxygen atoms in total. The van der Waals surface area contributed by atoms with E-state index in [0.717, 1.165) is 18.7 Å². The molecule has 1 fully saturated rings. The molecule has 25 heavy (non-hydrogen) atoms. The largest absolute Gasteiger partial charge is 0.496 e. The molecule has 0 saturated carbocycles. The average molecular weight is 350 g/mol. The highest BCUT2D eigenvalue weighted by molar-refractivity contribution is 5.93. The molecule has 1 saturated heterocycles. The molecule has 7 heteroatoms. The second-order valence-electron chi connectivity index (χ2n) is 6.95. The van der Waals surface area contributed by atoms with Gasteiger partial charge in [-0.2, -0.15) is 0 Å². The van der Waals surface area contributed by atoms with Crippen molar-refractivity contribution < 1.29 is 23.8 Å². The topological polar surface area (TPSA) is 77.1 Å². The Morgan fingerprint density at radius 2 is 1.96 bits per heavy atom. The summed E-state index contributed by atoms with van der Waals surface area (Å²) in [5.74, 6) is 0.0274. The van der Waals surface area contributed by atoms with Gasteiger partial charge in [-0.25, -0.2) is 9.59 Å². The number of rotatable bonds is 4. The van der Waals surface area contributed by atoms with Crippen LogP contribution in [0.4, 0.5) is 10.5 Å². The number of esters is 1. The number of amides is 1. The van der Waals surface area contributed by atoms with Crippen LogP contribution in [0.3, 0.4) is 0 Å². The van der Waals surface area contributed by atoms with E-state index >= 15 is 0 Å². The van der Waals surface area contributed by atoms with E-state index in [1.807, 2.05) is 26.8 Å². The van der Waals surface area contributed by atoms with E-state index in [2.05, 4.69) is 10.2 Å². The van der Waals surface area contributed by atoms with Crippen LogP contribution in [0.5, 0.6) is 5.75 Å². The number of nitrogens with zero attached hydrogens (tertiary/aromatic N) is 1. The van der Waals surface area contributed by atoms with E-state index in [0.29, 0.717) is 17.9 Å². The van der Waals surface area contributed by atoms with E-state index in [1.54, 1.807) is 12.1 Å². The number of ether oxygens (including phenoxy) is 3. The SMILES string of the molecule is COC(=O)c1cc(N2CCC(NC(=O)OC(C)(C)C)C2)ccc1OC. The standard InChI is InChI=1S/C18H26N2O5/c1-18(2,3)25-17(22)19-12-8-9-20(11-12)13-6-7-15(23-4)14(10-13)16(21)24-5/h6-7,10,12H,8-9,11H2,1-5H3,(H,19,22). The molecule has 1 atom stereocenters. The normalized spacial score (nSPS) is 17.2. The van der Waals surface area contributed by atoms with Gasteiger partial charge in [-0.15, -0.1) is 0 Å². The Balaban J connectivity index is 2.04. The van der Waals surface area contributed by atoms with E-state index in [4.69, 9.17) is 14.2 Å². The summed E-state index contributed by atoms with van der Waals surface area (Å²) in [7, 11) is 2.85. The molecule has 2 rings (SSSR count). The third-order valence-electron chi connectivity index (χ3n) is 3.86. The molecule has 1 unspecified atom stereocenters. The minimum atomic E-state index is -0.520. The highest BCUT2D eigenvalue weighted by atomic mass is 16.6. The van der Waals surface area contributed by atoms with Crippen LogP contribution in [0.25, 0.3) is 0 Å². The van der Waals surface area contributed by atoms with Crippen molar-refractivity contribution in [2.75, 3.05) is 32.2 Å². The molecule has 1 N–H and O–H groups in total. The number of hydrogen-bond donors (Lipinski definition) is 1. The van der Waals surface area contributed by atoms with Crippen molar-refractivity contribution in [2.24, 2.45) is 0 Å². The lowest BCUT2D eigenvalue weighted by molar-refractivity contribution is 0.0508. The number of anilines is 1. The second kappa shape index (κ2) is 7.63. The quantitative estimate of drug-likeness (QED) is 0.841.